The zero-order chi connectivity index (χ0) is 26.5. The van der Waals surface area contributed by atoms with Crippen LogP contribution in [0.3, 0.4) is 0 Å². The number of benzene rings is 2. The Kier molecular flexibility index (Phi) is 8.45. The molecule has 0 radical (unpaired) electrons. The number of methoxy groups -OCH3 is 3. The fourth-order valence-electron chi connectivity index (χ4n) is 4.85. The average Bonchev–Trinajstić information content (AvgIpc) is 2.87. The van der Waals surface area contributed by atoms with Crippen molar-refractivity contribution in [3.05, 3.63) is 52.1 Å². The Bertz CT molecular complexity index is 1130. The van der Waals surface area contributed by atoms with Gasteiger partial charge in [0.2, 0.25) is 0 Å². The topological polar surface area (TPSA) is 118 Å². The monoisotopic (exact) mass is 500 g/mol. The molecule has 36 heavy (non-hydrogen) atoms. The lowest BCUT2D eigenvalue weighted by atomic mass is 9.70. The number of ether oxygens (including phenoxy) is 5. The molecule has 2 aromatic carbocycles. The van der Waals surface area contributed by atoms with Crippen molar-refractivity contribution in [1.29, 1.82) is 0 Å². The van der Waals surface area contributed by atoms with Gasteiger partial charge in [-0.15, -0.1) is 0 Å². The van der Waals surface area contributed by atoms with Crippen LogP contribution in [0.2, 0.25) is 0 Å². The average molecular weight is 501 g/mol. The molecule has 0 spiro atoms. The van der Waals surface area contributed by atoms with Crippen LogP contribution in [-0.2, 0) is 38.3 Å². The molecule has 3 rings (SSSR count). The third-order valence-electron chi connectivity index (χ3n) is 6.52. The number of esters is 2. The molecule has 194 valence electrons. The number of hydrogen-bond donors (Lipinski definition) is 1. The molecule has 2 aromatic rings. The van der Waals surface area contributed by atoms with Crippen LogP contribution in [0.15, 0.2) is 24.3 Å². The minimum atomic E-state index is -1.49. The van der Waals surface area contributed by atoms with Crippen molar-refractivity contribution in [2.24, 2.45) is 5.41 Å². The maximum Gasteiger partial charge on any atom is 0.336 e. The van der Waals surface area contributed by atoms with E-state index in [1.807, 2.05) is 0 Å². The number of rotatable bonds is 10. The molecular weight excluding hydrogens is 468 g/mol. The van der Waals surface area contributed by atoms with Gasteiger partial charge in [0.15, 0.2) is 5.41 Å². The molecule has 0 aliphatic heterocycles. The smallest absolute Gasteiger partial charge is 0.336 e. The summed E-state index contributed by atoms with van der Waals surface area (Å²) in [5.74, 6) is -0.864. The van der Waals surface area contributed by atoms with Gasteiger partial charge < -0.3 is 28.8 Å². The van der Waals surface area contributed by atoms with Crippen molar-refractivity contribution in [3.63, 3.8) is 0 Å². The summed E-state index contributed by atoms with van der Waals surface area (Å²) in [4.78, 5) is 37.9. The molecule has 0 amide bonds. The largest absolute Gasteiger partial charge is 0.496 e. The summed E-state index contributed by atoms with van der Waals surface area (Å²) in [5, 5.41) is 9.73. The number of aromatic carboxylic acids is 1. The van der Waals surface area contributed by atoms with Crippen LogP contribution in [0, 0.1) is 5.41 Å². The van der Waals surface area contributed by atoms with Crippen LogP contribution in [0.5, 0.6) is 17.2 Å². The summed E-state index contributed by atoms with van der Waals surface area (Å²) in [6.07, 6.45) is 0.752. The quantitative estimate of drug-likeness (QED) is 0.386. The van der Waals surface area contributed by atoms with Crippen LogP contribution in [0.25, 0.3) is 0 Å². The Hall–Kier alpha value is -3.75. The van der Waals surface area contributed by atoms with E-state index >= 15 is 0 Å². The van der Waals surface area contributed by atoms with Crippen LogP contribution >= 0.6 is 0 Å². The molecule has 0 fully saturated rings. The summed E-state index contributed by atoms with van der Waals surface area (Å²) in [5.41, 5.74) is 1.28. The van der Waals surface area contributed by atoms with Crippen molar-refractivity contribution < 1.29 is 43.2 Å². The van der Waals surface area contributed by atoms with E-state index in [9.17, 15) is 19.5 Å². The van der Waals surface area contributed by atoms with E-state index < -0.39 is 23.3 Å². The maximum atomic E-state index is 13.0. The molecule has 0 bridgehead atoms. The van der Waals surface area contributed by atoms with Gasteiger partial charge in [0.1, 0.15) is 17.2 Å². The standard InChI is InChI=1S/C27H32O9/c1-6-35-25(30)27(26(31)36-7-2)12-11-17-20(15-27)22(33-4)14-16(23(17)34-5)13-19-18(24(28)29)9-8-10-21(19)32-3/h8-10,14H,6-7,11-13,15H2,1-5H3,(H,28,29). The second kappa shape index (κ2) is 11.3. The SMILES string of the molecule is CCOC(=O)C1(C(=O)OCC)CCc2c(c(OC)cc(Cc3c(OC)cccc3C(=O)O)c2OC)C1. The fraction of sp³-hybridized carbons (Fsp3) is 0.444. The lowest BCUT2D eigenvalue weighted by Gasteiger charge is -2.35. The molecule has 1 N–H and O–H groups in total. The fourth-order valence-corrected chi connectivity index (χ4v) is 4.85. The minimum absolute atomic E-state index is 0.0366. The first-order valence-electron chi connectivity index (χ1n) is 11.8. The van der Waals surface area contributed by atoms with Crippen molar-refractivity contribution in [1.82, 2.24) is 0 Å². The van der Waals surface area contributed by atoms with Gasteiger partial charge in [-0.25, -0.2) is 4.79 Å². The Labute approximate surface area is 210 Å². The van der Waals surface area contributed by atoms with Gasteiger partial charge in [-0.05, 0) is 44.9 Å². The van der Waals surface area contributed by atoms with E-state index in [1.165, 1.54) is 27.4 Å². The normalized spacial score (nSPS) is 13.8. The Morgan fingerprint density at radius 3 is 2.08 bits per heavy atom. The third kappa shape index (κ3) is 4.82. The highest BCUT2D eigenvalue weighted by Crippen LogP contribution is 2.47. The van der Waals surface area contributed by atoms with Gasteiger partial charge in [-0.3, -0.25) is 9.59 Å². The van der Waals surface area contributed by atoms with Gasteiger partial charge in [-0.1, -0.05) is 6.07 Å². The van der Waals surface area contributed by atoms with Gasteiger partial charge in [0, 0.05) is 35.1 Å². The number of carbonyl (C=O) groups excluding carboxylic acids is 2. The maximum absolute atomic E-state index is 13.0. The predicted octanol–water partition coefficient (Wildman–Crippen LogP) is 3.60. The summed E-state index contributed by atoms with van der Waals surface area (Å²) >= 11 is 0. The number of carbonyl (C=O) groups is 3. The highest BCUT2D eigenvalue weighted by molar-refractivity contribution is 6.01. The summed E-state index contributed by atoms with van der Waals surface area (Å²) in [6.45, 7) is 3.65. The molecule has 0 heterocycles. The molecule has 1 aliphatic rings. The first-order valence-corrected chi connectivity index (χ1v) is 11.8. The van der Waals surface area contributed by atoms with E-state index in [1.54, 1.807) is 32.0 Å². The summed E-state index contributed by atoms with van der Waals surface area (Å²) in [7, 11) is 4.52. The minimum Gasteiger partial charge on any atom is -0.496 e. The third-order valence-corrected chi connectivity index (χ3v) is 6.52. The highest BCUT2D eigenvalue weighted by atomic mass is 16.6. The molecule has 9 heteroatoms. The van der Waals surface area contributed by atoms with E-state index in [2.05, 4.69) is 0 Å². The molecule has 0 saturated carbocycles. The molecule has 0 saturated heterocycles. The first-order chi connectivity index (χ1) is 17.3. The first kappa shape index (κ1) is 26.8. The van der Waals surface area contributed by atoms with Gasteiger partial charge in [0.05, 0.1) is 40.1 Å². The Morgan fingerprint density at radius 1 is 0.917 bits per heavy atom. The van der Waals surface area contributed by atoms with Crippen LogP contribution in [-0.4, -0.2) is 57.6 Å². The Morgan fingerprint density at radius 2 is 1.56 bits per heavy atom. The van der Waals surface area contributed by atoms with Gasteiger partial charge in [0.25, 0.3) is 0 Å². The highest BCUT2D eigenvalue weighted by Gasteiger charge is 2.52. The van der Waals surface area contributed by atoms with E-state index in [4.69, 9.17) is 23.7 Å². The molecule has 9 nitrogen and oxygen atoms in total. The van der Waals surface area contributed by atoms with Crippen molar-refractivity contribution >= 4 is 17.9 Å². The van der Waals surface area contributed by atoms with Crippen molar-refractivity contribution in [3.8, 4) is 17.2 Å². The van der Waals surface area contributed by atoms with Gasteiger partial charge >= 0.3 is 17.9 Å². The Balaban J connectivity index is 2.16. The van der Waals surface area contributed by atoms with E-state index in [-0.39, 0.29) is 38.0 Å². The van der Waals surface area contributed by atoms with Crippen molar-refractivity contribution in [2.75, 3.05) is 34.5 Å². The molecule has 1 aliphatic carbocycles. The van der Waals surface area contributed by atoms with Crippen LogP contribution in [0.1, 0.15) is 52.9 Å². The predicted molar refractivity (Wildman–Crippen MR) is 130 cm³/mol. The van der Waals surface area contributed by atoms with Crippen LogP contribution < -0.4 is 14.2 Å². The lowest BCUT2D eigenvalue weighted by molar-refractivity contribution is -0.173. The number of fused-ring (bicyclic) bond motifs is 1. The second-order valence-corrected chi connectivity index (χ2v) is 8.40. The molecule has 0 atom stereocenters. The molecule has 0 aromatic heterocycles. The van der Waals surface area contributed by atoms with Gasteiger partial charge in [-0.2, -0.15) is 0 Å². The van der Waals surface area contributed by atoms with E-state index in [0.717, 1.165) is 5.56 Å². The second-order valence-electron chi connectivity index (χ2n) is 8.40. The zero-order valence-electron chi connectivity index (χ0n) is 21.3. The molecule has 0 unspecified atom stereocenters. The number of hydrogen-bond acceptors (Lipinski definition) is 8. The lowest BCUT2D eigenvalue weighted by Crippen LogP contribution is -2.46. The number of carboxylic acid groups (broad SMARTS) is 1. The van der Waals surface area contributed by atoms with Crippen LogP contribution in [0.4, 0.5) is 0 Å². The zero-order valence-corrected chi connectivity index (χ0v) is 21.3. The molecular formula is C27H32O9. The summed E-state index contributed by atoms with van der Waals surface area (Å²) in [6, 6.07) is 6.61. The summed E-state index contributed by atoms with van der Waals surface area (Å²) < 4.78 is 27.5. The number of carboxylic acids is 1. The van der Waals surface area contributed by atoms with E-state index in [0.29, 0.717) is 40.4 Å². The van der Waals surface area contributed by atoms with Crippen molar-refractivity contribution in [2.45, 2.75) is 39.5 Å².